The Labute approximate surface area is 139 Å². The first-order valence-electron chi connectivity index (χ1n) is 7.24. The number of carbonyl (C=O) groups is 2. The Hall–Kier alpha value is -3.03. The Bertz CT molecular complexity index is 713. The molecule has 0 fully saturated rings. The third kappa shape index (κ3) is 4.25. The molecule has 0 aliphatic rings. The highest BCUT2D eigenvalue weighted by molar-refractivity contribution is 5.95. The fourth-order valence-corrected chi connectivity index (χ4v) is 1.95. The van der Waals surface area contributed by atoms with Gasteiger partial charge < -0.3 is 19.5 Å². The van der Waals surface area contributed by atoms with Crippen LogP contribution in [0.4, 0.5) is 0 Å². The van der Waals surface area contributed by atoms with E-state index in [2.05, 4.69) is 20.3 Å². The zero-order valence-corrected chi connectivity index (χ0v) is 13.7. The van der Waals surface area contributed by atoms with Crippen LogP contribution in [0.25, 0.3) is 0 Å². The van der Waals surface area contributed by atoms with Crippen molar-refractivity contribution in [2.24, 2.45) is 0 Å². The lowest BCUT2D eigenvalue weighted by molar-refractivity contribution is -0.142. The summed E-state index contributed by atoms with van der Waals surface area (Å²) in [5, 5.41) is 9.12. The monoisotopic (exact) mass is 333 g/mol. The zero-order chi connectivity index (χ0) is 17.5. The van der Waals surface area contributed by atoms with E-state index >= 15 is 0 Å². The Kier molecular flexibility index (Phi) is 5.78. The van der Waals surface area contributed by atoms with Gasteiger partial charge >= 0.3 is 5.97 Å². The maximum absolute atomic E-state index is 12.0. The minimum Gasteiger partial charge on any atom is -0.493 e. The number of nitrogens with zero attached hydrogens (tertiary/aromatic N) is 1. The number of aromatic amines is 1. The van der Waals surface area contributed by atoms with Crippen LogP contribution in [0.2, 0.25) is 0 Å². The predicted molar refractivity (Wildman–Crippen MR) is 84.9 cm³/mol. The number of aromatic nitrogens is 2. The van der Waals surface area contributed by atoms with E-state index in [1.54, 1.807) is 25.3 Å². The summed E-state index contributed by atoms with van der Waals surface area (Å²) >= 11 is 0. The Morgan fingerprint density at radius 3 is 2.62 bits per heavy atom. The molecule has 2 aromatic rings. The molecule has 0 bridgehead atoms. The van der Waals surface area contributed by atoms with E-state index in [4.69, 9.17) is 9.47 Å². The normalized spacial score (nSPS) is 11.5. The first kappa shape index (κ1) is 17.3. The number of rotatable bonds is 7. The molecule has 1 aromatic heterocycles. The van der Waals surface area contributed by atoms with Crippen molar-refractivity contribution in [3.05, 3.63) is 41.7 Å². The topological polar surface area (TPSA) is 103 Å². The largest absolute Gasteiger partial charge is 0.493 e. The SMILES string of the molecule is COC(=O)[C@@H](C)NC(=O)c1cc(COc2ccccc2OC)[nH]n1. The quantitative estimate of drug-likeness (QED) is 0.740. The lowest BCUT2D eigenvalue weighted by Gasteiger charge is -2.09. The van der Waals surface area contributed by atoms with Crippen molar-refractivity contribution in [2.75, 3.05) is 14.2 Å². The third-order valence-electron chi connectivity index (χ3n) is 3.22. The molecule has 0 unspecified atom stereocenters. The van der Waals surface area contributed by atoms with E-state index in [1.165, 1.54) is 14.0 Å². The second kappa shape index (κ2) is 8.00. The number of para-hydroxylation sites is 2. The van der Waals surface area contributed by atoms with Gasteiger partial charge in [-0.3, -0.25) is 9.89 Å². The molecule has 0 saturated heterocycles. The molecule has 1 amide bonds. The summed E-state index contributed by atoms with van der Waals surface area (Å²) < 4.78 is 15.4. The average molecular weight is 333 g/mol. The first-order valence-corrected chi connectivity index (χ1v) is 7.24. The van der Waals surface area contributed by atoms with Crippen molar-refractivity contribution < 1.29 is 23.8 Å². The molecule has 24 heavy (non-hydrogen) atoms. The van der Waals surface area contributed by atoms with Crippen LogP contribution >= 0.6 is 0 Å². The summed E-state index contributed by atoms with van der Waals surface area (Å²) in [4.78, 5) is 23.3. The van der Waals surface area contributed by atoms with E-state index in [9.17, 15) is 9.59 Å². The summed E-state index contributed by atoms with van der Waals surface area (Å²) in [6.07, 6.45) is 0. The maximum atomic E-state index is 12.0. The molecule has 1 atom stereocenters. The minimum atomic E-state index is -0.757. The lowest BCUT2D eigenvalue weighted by Crippen LogP contribution is -2.39. The summed E-state index contributed by atoms with van der Waals surface area (Å²) in [7, 11) is 2.82. The number of H-pyrrole nitrogens is 1. The fraction of sp³-hybridized carbons (Fsp3) is 0.312. The molecule has 1 heterocycles. The highest BCUT2D eigenvalue weighted by atomic mass is 16.5. The number of nitrogens with one attached hydrogen (secondary N) is 2. The standard InChI is InChI=1S/C16H19N3O5/c1-10(16(21)23-3)17-15(20)12-8-11(18-19-12)9-24-14-7-5-4-6-13(14)22-2/h4-8,10H,9H2,1-3H3,(H,17,20)(H,18,19)/t10-/m1/s1. The second-order valence-corrected chi connectivity index (χ2v) is 4.94. The van der Waals surface area contributed by atoms with Gasteiger partial charge in [0.25, 0.3) is 5.91 Å². The van der Waals surface area contributed by atoms with Crippen LogP contribution in [0.1, 0.15) is 23.1 Å². The molecule has 0 saturated carbocycles. The summed E-state index contributed by atoms with van der Waals surface area (Å²) in [5.41, 5.74) is 0.765. The number of hydrogen-bond donors (Lipinski definition) is 2. The van der Waals surface area contributed by atoms with Gasteiger partial charge in [-0.15, -0.1) is 0 Å². The number of methoxy groups -OCH3 is 2. The van der Waals surface area contributed by atoms with Crippen LogP contribution in [0.5, 0.6) is 11.5 Å². The molecule has 1 aromatic carbocycles. The number of carbonyl (C=O) groups excluding carboxylic acids is 2. The van der Waals surface area contributed by atoms with Gasteiger partial charge in [0.05, 0.1) is 19.9 Å². The van der Waals surface area contributed by atoms with Gasteiger partial charge in [0.1, 0.15) is 18.3 Å². The van der Waals surface area contributed by atoms with Crippen molar-refractivity contribution in [1.29, 1.82) is 0 Å². The van der Waals surface area contributed by atoms with Gasteiger partial charge in [-0.1, -0.05) is 12.1 Å². The van der Waals surface area contributed by atoms with Crippen LogP contribution < -0.4 is 14.8 Å². The fourth-order valence-electron chi connectivity index (χ4n) is 1.95. The highest BCUT2D eigenvalue weighted by Gasteiger charge is 2.18. The van der Waals surface area contributed by atoms with Crippen LogP contribution in [0.15, 0.2) is 30.3 Å². The Morgan fingerprint density at radius 2 is 1.96 bits per heavy atom. The molecule has 0 spiro atoms. The van der Waals surface area contributed by atoms with E-state index in [1.807, 2.05) is 12.1 Å². The Balaban J connectivity index is 1.95. The number of ether oxygens (including phenoxy) is 3. The summed E-state index contributed by atoms with van der Waals surface area (Å²) in [6.45, 7) is 1.72. The maximum Gasteiger partial charge on any atom is 0.328 e. The summed E-state index contributed by atoms with van der Waals surface area (Å²) in [6, 6.07) is 8.03. The smallest absolute Gasteiger partial charge is 0.328 e. The number of hydrogen-bond acceptors (Lipinski definition) is 6. The molecular weight excluding hydrogens is 314 g/mol. The van der Waals surface area contributed by atoms with Crippen LogP contribution in [0.3, 0.4) is 0 Å². The highest BCUT2D eigenvalue weighted by Crippen LogP contribution is 2.26. The average Bonchev–Trinajstić information content (AvgIpc) is 3.08. The molecule has 0 aliphatic carbocycles. The van der Waals surface area contributed by atoms with Crippen molar-refractivity contribution in [1.82, 2.24) is 15.5 Å². The van der Waals surface area contributed by atoms with Gasteiger partial charge in [-0.05, 0) is 25.1 Å². The molecule has 8 nitrogen and oxygen atoms in total. The van der Waals surface area contributed by atoms with Gasteiger partial charge in [0.15, 0.2) is 11.5 Å². The van der Waals surface area contributed by atoms with Gasteiger partial charge in [0, 0.05) is 0 Å². The lowest BCUT2D eigenvalue weighted by atomic mass is 10.3. The van der Waals surface area contributed by atoms with Crippen molar-refractivity contribution in [2.45, 2.75) is 19.6 Å². The van der Waals surface area contributed by atoms with Gasteiger partial charge in [-0.25, -0.2) is 4.79 Å². The molecule has 2 rings (SSSR count). The van der Waals surface area contributed by atoms with Gasteiger partial charge in [0.2, 0.25) is 0 Å². The van der Waals surface area contributed by atoms with Crippen LogP contribution in [-0.2, 0) is 16.1 Å². The van der Waals surface area contributed by atoms with E-state index in [-0.39, 0.29) is 12.3 Å². The van der Waals surface area contributed by atoms with Crippen molar-refractivity contribution >= 4 is 11.9 Å². The first-order chi connectivity index (χ1) is 11.5. The van der Waals surface area contributed by atoms with E-state index < -0.39 is 17.9 Å². The predicted octanol–water partition coefficient (Wildman–Crippen LogP) is 1.29. The van der Waals surface area contributed by atoms with Gasteiger partial charge in [-0.2, -0.15) is 5.10 Å². The van der Waals surface area contributed by atoms with Crippen LogP contribution in [0, 0.1) is 0 Å². The second-order valence-electron chi connectivity index (χ2n) is 4.94. The molecule has 128 valence electrons. The Morgan fingerprint density at radius 1 is 1.25 bits per heavy atom. The number of esters is 1. The third-order valence-corrected chi connectivity index (χ3v) is 3.22. The number of benzene rings is 1. The molecular formula is C16H19N3O5. The number of amides is 1. The minimum absolute atomic E-state index is 0.157. The van der Waals surface area contributed by atoms with Crippen molar-refractivity contribution in [3.63, 3.8) is 0 Å². The summed E-state index contributed by atoms with van der Waals surface area (Å²) in [5.74, 6) is 0.188. The molecule has 8 heteroatoms. The zero-order valence-electron chi connectivity index (χ0n) is 13.7. The molecule has 0 aliphatic heterocycles. The molecule has 2 N–H and O–H groups in total. The van der Waals surface area contributed by atoms with Crippen molar-refractivity contribution in [3.8, 4) is 11.5 Å². The van der Waals surface area contributed by atoms with E-state index in [0.717, 1.165) is 0 Å². The van der Waals surface area contributed by atoms with Crippen LogP contribution in [-0.4, -0.2) is 42.3 Å². The molecule has 0 radical (unpaired) electrons. The van der Waals surface area contributed by atoms with E-state index in [0.29, 0.717) is 17.2 Å².